The van der Waals surface area contributed by atoms with Gasteiger partial charge >= 0.3 is 0 Å². The molecule has 2 aromatic rings. The Morgan fingerprint density at radius 1 is 0.875 bits per heavy atom. The van der Waals surface area contributed by atoms with E-state index in [-0.39, 0.29) is 12.5 Å². The van der Waals surface area contributed by atoms with Gasteiger partial charge in [-0.05, 0) is 29.7 Å². The Kier molecular flexibility index (Phi) is 8.23. The van der Waals surface area contributed by atoms with E-state index in [9.17, 15) is 5.11 Å². The van der Waals surface area contributed by atoms with Gasteiger partial charge < -0.3 is 14.6 Å². The van der Waals surface area contributed by atoms with E-state index < -0.39 is 6.10 Å². The molecule has 1 unspecified atom stereocenters. The fourth-order valence-electron chi connectivity index (χ4n) is 2.25. The highest BCUT2D eigenvalue weighted by Gasteiger charge is 2.10. The van der Waals surface area contributed by atoms with Crippen molar-refractivity contribution in [2.75, 3.05) is 25.0 Å². The predicted molar refractivity (Wildman–Crippen MR) is 98.7 cm³/mol. The average Bonchev–Trinajstić information content (AvgIpc) is 2.62. The van der Waals surface area contributed by atoms with Crippen molar-refractivity contribution >= 4 is 23.2 Å². The van der Waals surface area contributed by atoms with E-state index in [0.717, 1.165) is 29.0 Å². The smallest absolute Gasteiger partial charge is 0.122 e. The van der Waals surface area contributed by atoms with Crippen molar-refractivity contribution in [2.24, 2.45) is 0 Å². The molecule has 0 saturated heterocycles. The molecular formula is C19H22Cl2O3. The number of halogens is 2. The molecule has 24 heavy (non-hydrogen) atoms. The highest BCUT2D eigenvalue weighted by atomic mass is 35.5. The van der Waals surface area contributed by atoms with Gasteiger partial charge in [-0.25, -0.2) is 0 Å². The van der Waals surface area contributed by atoms with E-state index in [1.165, 1.54) is 0 Å². The van der Waals surface area contributed by atoms with Gasteiger partial charge in [0.15, 0.2) is 0 Å². The maximum atomic E-state index is 9.58. The van der Waals surface area contributed by atoms with Crippen LogP contribution < -0.4 is 9.47 Å². The summed E-state index contributed by atoms with van der Waals surface area (Å²) in [5.74, 6) is 2.34. The molecule has 0 aliphatic rings. The minimum atomic E-state index is -0.675. The zero-order valence-electron chi connectivity index (χ0n) is 13.5. The number of hydrogen-bond donors (Lipinski definition) is 1. The van der Waals surface area contributed by atoms with Crippen molar-refractivity contribution in [3.8, 4) is 11.5 Å². The summed E-state index contributed by atoms with van der Waals surface area (Å²) in [4.78, 5) is 0. The first-order chi connectivity index (χ1) is 11.7. The van der Waals surface area contributed by atoms with E-state index in [1.54, 1.807) is 0 Å². The van der Waals surface area contributed by atoms with Crippen LogP contribution in [0.4, 0.5) is 0 Å². The molecule has 5 heteroatoms. The summed E-state index contributed by atoms with van der Waals surface area (Å²) in [6.07, 6.45) is 0.821. The quantitative estimate of drug-likeness (QED) is 0.502. The summed E-state index contributed by atoms with van der Waals surface area (Å²) in [5.41, 5.74) is 2.12. The van der Waals surface area contributed by atoms with Gasteiger partial charge in [0.1, 0.15) is 24.2 Å². The van der Waals surface area contributed by atoms with E-state index in [2.05, 4.69) is 0 Å². The van der Waals surface area contributed by atoms with E-state index >= 15 is 0 Å². The second-order valence-electron chi connectivity index (χ2n) is 5.40. The maximum Gasteiger partial charge on any atom is 0.122 e. The molecule has 0 bridgehead atoms. The van der Waals surface area contributed by atoms with Gasteiger partial charge in [-0.3, -0.25) is 0 Å². The zero-order valence-corrected chi connectivity index (χ0v) is 15.0. The van der Waals surface area contributed by atoms with Crippen LogP contribution >= 0.6 is 23.2 Å². The molecule has 0 radical (unpaired) electrons. The number of ether oxygens (including phenoxy) is 2. The third kappa shape index (κ3) is 5.90. The number of alkyl halides is 2. The number of aliphatic hydroxyl groups is 1. The maximum absolute atomic E-state index is 9.58. The Morgan fingerprint density at radius 2 is 1.46 bits per heavy atom. The molecule has 0 saturated carbocycles. The molecule has 0 heterocycles. The van der Waals surface area contributed by atoms with Gasteiger partial charge in [-0.15, -0.1) is 23.2 Å². The van der Waals surface area contributed by atoms with Gasteiger partial charge in [-0.2, -0.15) is 0 Å². The van der Waals surface area contributed by atoms with Gasteiger partial charge in [0.05, 0.1) is 12.5 Å². The summed E-state index contributed by atoms with van der Waals surface area (Å²) >= 11 is 11.3. The molecule has 0 amide bonds. The molecule has 1 N–H and O–H groups in total. The molecule has 0 aliphatic carbocycles. The molecule has 0 fully saturated rings. The first kappa shape index (κ1) is 18.9. The van der Waals surface area contributed by atoms with Crippen LogP contribution in [-0.2, 0) is 6.42 Å². The minimum absolute atomic E-state index is 0.152. The number of rotatable bonds is 10. The average molecular weight is 369 g/mol. The van der Waals surface area contributed by atoms with Crippen molar-refractivity contribution in [1.82, 2.24) is 0 Å². The highest BCUT2D eigenvalue weighted by molar-refractivity contribution is 6.18. The fourth-order valence-corrected chi connectivity index (χ4v) is 2.45. The van der Waals surface area contributed by atoms with E-state index in [0.29, 0.717) is 18.9 Å². The van der Waals surface area contributed by atoms with Gasteiger partial charge in [-0.1, -0.05) is 36.4 Å². The lowest BCUT2D eigenvalue weighted by Gasteiger charge is -2.15. The minimum Gasteiger partial charge on any atom is -0.493 e. The molecule has 2 rings (SSSR count). The van der Waals surface area contributed by atoms with Crippen LogP contribution in [0.3, 0.4) is 0 Å². The number of para-hydroxylation sites is 2. The van der Waals surface area contributed by atoms with Gasteiger partial charge in [0.2, 0.25) is 0 Å². The molecule has 3 nitrogen and oxygen atoms in total. The number of hydrogen-bond acceptors (Lipinski definition) is 3. The van der Waals surface area contributed by atoms with Gasteiger partial charge in [0, 0.05) is 12.3 Å². The molecule has 1 atom stereocenters. The third-order valence-corrected chi connectivity index (χ3v) is 4.09. The predicted octanol–water partition coefficient (Wildman–Crippen LogP) is 4.26. The standard InChI is InChI=1S/C19H22Cl2O3/c20-10-5-11-23-18-8-3-1-6-15(18)12-16-7-2-4-9-19(16)24-14-17(22)13-21/h1-4,6-9,17,22H,5,10-14H2. The van der Waals surface area contributed by atoms with Gasteiger partial charge in [0.25, 0.3) is 0 Å². The summed E-state index contributed by atoms with van der Waals surface area (Å²) < 4.78 is 11.5. The Morgan fingerprint density at radius 3 is 2.04 bits per heavy atom. The van der Waals surface area contributed by atoms with Crippen molar-refractivity contribution in [3.63, 3.8) is 0 Å². The Hall–Kier alpha value is -1.42. The molecule has 2 aromatic carbocycles. The van der Waals surface area contributed by atoms with E-state index in [1.807, 2.05) is 48.5 Å². The first-order valence-electron chi connectivity index (χ1n) is 7.96. The fraction of sp³-hybridized carbons (Fsp3) is 0.368. The molecule has 130 valence electrons. The number of aliphatic hydroxyl groups excluding tert-OH is 1. The Bertz CT molecular complexity index is 619. The topological polar surface area (TPSA) is 38.7 Å². The van der Waals surface area contributed by atoms with Crippen molar-refractivity contribution in [3.05, 3.63) is 59.7 Å². The lowest BCUT2D eigenvalue weighted by Crippen LogP contribution is -2.19. The molecule has 0 aromatic heterocycles. The van der Waals surface area contributed by atoms with Crippen LogP contribution in [0.2, 0.25) is 0 Å². The summed E-state index contributed by atoms with van der Waals surface area (Å²) in [5, 5.41) is 9.58. The van der Waals surface area contributed by atoms with Crippen LogP contribution in [0, 0.1) is 0 Å². The summed E-state index contributed by atoms with van der Waals surface area (Å²) in [6, 6.07) is 15.7. The van der Waals surface area contributed by atoms with Crippen LogP contribution in [0.15, 0.2) is 48.5 Å². The lowest BCUT2D eigenvalue weighted by atomic mass is 10.0. The first-order valence-corrected chi connectivity index (χ1v) is 9.03. The van der Waals surface area contributed by atoms with Crippen molar-refractivity contribution < 1.29 is 14.6 Å². The summed E-state index contributed by atoms with van der Waals surface area (Å²) in [7, 11) is 0. The van der Waals surface area contributed by atoms with Crippen LogP contribution in [-0.4, -0.2) is 36.2 Å². The SMILES string of the molecule is OC(CCl)COc1ccccc1Cc1ccccc1OCCCCl. The Labute approximate surface area is 153 Å². The number of benzene rings is 2. The van der Waals surface area contributed by atoms with Crippen LogP contribution in [0.1, 0.15) is 17.5 Å². The normalized spacial score (nSPS) is 12.0. The van der Waals surface area contributed by atoms with Crippen molar-refractivity contribution in [1.29, 1.82) is 0 Å². The molecular weight excluding hydrogens is 347 g/mol. The van der Waals surface area contributed by atoms with Crippen LogP contribution in [0.25, 0.3) is 0 Å². The zero-order chi connectivity index (χ0) is 17.2. The van der Waals surface area contributed by atoms with Crippen LogP contribution in [0.5, 0.6) is 11.5 Å². The van der Waals surface area contributed by atoms with E-state index in [4.69, 9.17) is 32.7 Å². The lowest BCUT2D eigenvalue weighted by molar-refractivity contribution is 0.125. The summed E-state index contributed by atoms with van der Waals surface area (Å²) in [6.45, 7) is 0.773. The second kappa shape index (κ2) is 10.4. The van der Waals surface area contributed by atoms with Crippen molar-refractivity contribution in [2.45, 2.75) is 18.9 Å². The third-order valence-electron chi connectivity index (χ3n) is 3.47. The molecule has 0 spiro atoms. The molecule has 0 aliphatic heterocycles. The Balaban J connectivity index is 2.10. The largest absolute Gasteiger partial charge is 0.493 e. The second-order valence-corrected chi connectivity index (χ2v) is 6.09. The highest BCUT2D eigenvalue weighted by Crippen LogP contribution is 2.26. The monoisotopic (exact) mass is 368 g/mol.